The van der Waals surface area contributed by atoms with E-state index in [4.69, 9.17) is 12.2 Å². The largest absolute Gasteiger partial charge is 0.314 e. The lowest BCUT2D eigenvalue weighted by atomic mass is 10.1. The van der Waals surface area contributed by atoms with Gasteiger partial charge in [-0.2, -0.15) is 14.1 Å². The maximum atomic E-state index is 13.0. The highest BCUT2D eigenvalue weighted by Crippen LogP contribution is 2.35. The van der Waals surface area contributed by atoms with E-state index >= 15 is 0 Å². The predicted molar refractivity (Wildman–Crippen MR) is 109 cm³/mol. The molecule has 152 valence electrons. The first kappa shape index (κ1) is 19.8. The maximum Gasteiger partial charge on any atom is 0.243 e. The molecule has 7 nitrogen and oxygen atoms in total. The topological polar surface area (TPSA) is 64.6 Å². The Morgan fingerprint density at radius 3 is 2.43 bits per heavy atom. The van der Waals surface area contributed by atoms with E-state index in [2.05, 4.69) is 9.67 Å². The second-order valence-electron chi connectivity index (χ2n) is 7.99. The normalized spacial score (nSPS) is 19.2. The minimum atomic E-state index is -3.44. The van der Waals surface area contributed by atoms with Crippen LogP contribution in [-0.2, 0) is 16.7 Å². The molecule has 0 bridgehead atoms. The van der Waals surface area contributed by atoms with Crippen LogP contribution in [0.2, 0.25) is 0 Å². The molecule has 0 unspecified atom stereocenters. The summed E-state index contributed by atoms with van der Waals surface area (Å²) >= 11 is 5.61. The molecule has 0 spiro atoms. The summed E-state index contributed by atoms with van der Waals surface area (Å²) in [6.07, 6.45) is 2.37. The first-order valence-corrected chi connectivity index (χ1v) is 11.7. The molecule has 28 heavy (non-hydrogen) atoms. The van der Waals surface area contributed by atoms with Gasteiger partial charge in [-0.1, -0.05) is 6.07 Å². The number of sulfonamides is 1. The van der Waals surface area contributed by atoms with E-state index in [1.54, 1.807) is 16.4 Å². The Hall–Kier alpha value is -1.55. The molecule has 1 saturated carbocycles. The summed E-state index contributed by atoms with van der Waals surface area (Å²) in [5, 5.41) is 4.62. The van der Waals surface area contributed by atoms with Crippen LogP contribution < -0.4 is 4.90 Å². The molecule has 1 N–H and O–H groups in total. The molecule has 4 rings (SSSR count). The van der Waals surface area contributed by atoms with E-state index in [-0.39, 0.29) is 0 Å². The van der Waals surface area contributed by atoms with Crippen molar-refractivity contribution in [1.29, 1.82) is 0 Å². The van der Waals surface area contributed by atoms with Crippen molar-refractivity contribution in [3.05, 3.63) is 39.9 Å². The molecule has 2 aromatic rings. The Morgan fingerprint density at radius 2 is 1.82 bits per heavy atom. The van der Waals surface area contributed by atoms with Crippen LogP contribution in [0.15, 0.2) is 23.1 Å². The van der Waals surface area contributed by atoms with Crippen molar-refractivity contribution in [2.75, 3.05) is 26.2 Å². The number of hydrogen-bond acceptors (Lipinski definition) is 4. The van der Waals surface area contributed by atoms with Crippen LogP contribution in [0.5, 0.6) is 0 Å². The zero-order valence-electron chi connectivity index (χ0n) is 16.7. The van der Waals surface area contributed by atoms with Crippen molar-refractivity contribution < 1.29 is 13.3 Å². The van der Waals surface area contributed by atoms with Crippen LogP contribution >= 0.6 is 12.2 Å². The molecule has 1 aromatic carbocycles. The summed E-state index contributed by atoms with van der Waals surface area (Å²) in [4.78, 5) is 1.70. The fraction of sp³-hybridized carbons (Fsp3) is 0.579. The van der Waals surface area contributed by atoms with Gasteiger partial charge in [0, 0.05) is 6.04 Å². The molecule has 9 heteroatoms. The fourth-order valence-electron chi connectivity index (χ4n) is 3.82. The van der Waals surface area contributed by atoms with Gasteiger partial charge in [-0.3, -0.25) is 0 Å². The number of piperazine rings is 1. The summed E-state index contributed by atoms with van der Waals surface area (Å²) in [6, 6.07) is 5.89. The predicted octanol–water partition coefficient (Wildman–Crippen LogP) is 1.22. The molecule has 1 aliphatic carbocycles. The minimum Gasteiger partial charge on any atom is -0.314 e. The van der Waals surface area contributed by atoms with Gasteiger partial charge in [0.2, 0.25) is 14.8 Å². The second-order valence-corrected chi connectivity index (χ2v) is 10.3. The van der Waals surface area contributed by atoms with Gasteiger partial charge in [0.1, 0.15) is 5.82 Å². The van der Waals surface area contributed by atoms with Gasteiger partial charge in [-0.15, -0.1) is 0 Å². The molecule has 2 fully saturated rings. The smallest absolute Gasteiger partial charge is 0.243 e. The number of aryl methyl sites for hydroxylation is 3. The fourth-order valence-corrected chi connectivity index (χ4v) is 5.73. The first-order chi connectivity index (χ1) is 13.3. The Balaban J connectivity index is 1.42. The number of aromatic nitrogens is 3. The molecule has 2 aliphatic rings. The Bertz CT molecular complexity index is 1040. The van der Waals surface area contributed by atoms with Crippen molar-refractivity contribution in [1.82, 2.24) is 18.7 Å². The van der Waals surface area contributed by atoms with Gasteiger partial charge in [-0.25, -0.2) is 8.42 Å². The highest BCUT2D eigenvalue weighted by molar-refractivity contribution is 7.89. The first-order valence-electron chi connectivity index (χ1n) is 9.84. The van der Waals surface area contributed by atoms with Crippen molar-refractivity contribution in [3.8, 4) is 0 Å². The molecular weight excluding hydrogens is 394 g/mol. The van der Waals surface area contributed by atoms with Gasteiger partial charge in [0.25, 0.3) is 0 Å². The maximum absolute atomic E-state index is 13.0. The summed E-state index contributed by atoms with van der Waals surface area (Å²) in [6.45, 7) is 9.17. The summed E-state index contributed by atoms with van der Waals surface area (Å²) in [5.41, 5.74) is 2.10. The number of quaternary nitrogens is 1. The summed E-state index contributed by atoms with van der Waals surface area (Å²) in [7, 11) is -3.44. The number of nitrogens with one attached hydrogen (secondary N) is 1. The molecular formula is C19H28N5O2S2+. The number of nitrogens with zero attached hydrogens (tertiary/aromatic N) is 4. The number of hydrogen-bond donors (Lipinski definition) is 1. The van der Waals surface area contributed by atoms with E-state index in [1.165, 1.54) is 17.7 Å². The monoisotopic (exact) mass is 422 g/mol. The lowest BCUT2D eigenvalue weighted by Crippen LogP contribution is -3.14. The van der Waals surface area contributed by atoms with Gasteiger partial charge >= 0.3 is 0 Å². The van der Waals surface area contributed by atoms with Crippen LogP contribution in [0.3, 0.4) is 0 Å². The summed E-state index contributed by atoms with van der Waals surface area (Å²) < 4.78 is 32.4. The van der Waals surface area contributed by atoms with E-state index < -0.39 is 10.0 Å². The molecule has 0 radical (unpaired) electrons. The van der Waals surface area contributed by atoms with Gasteiger partial charge in [-0.05, 0) is 69.1 Å². The Kier molecular flexibility index (Phi) is 5.20. The summed E-state index contributed by atoms with van der Waals surface area (Å²) in [5.74, 6) is 0.975. The lowest BCUT2D eigenvalue weighted by Gasteiger charge is -2.31. The van der Waals surface area contributed by atoms with Gasteiger partial charge in [0.05, 0.1) is 31.1 Å². The average molecular weight is 423 g/mol. The lowest BCUT2D eigenvalue weighted by molar-refractivity contribution is -0.926. The van der Waals surface area contributed by atoms with Gasteiger partial charge < -0.3 is 9.47 Å². The van der Waals surface area contributed by atoms with E-state index in [0.717, 1.165) is 34.8 Å². The highest BCUT2D eigenvalue weighted by atomic mass is 32.2. The third-order valence-corrected chi connectivity index (χ3v) is 8.17. The zero-order valence-corrected chi connectivity index (χ0v) is 18.3. The van der Waals surface area contributed by atoms with E-state index in [0.29, 0.717) is 30.7 Å². The van der Waals surface area contributed by atoms with Gasteiger partial charge in [0.15, 0.2) is 6.67 Å². The van der Waals surface area contributed by atoms with Crippen LogP contribution in [0.25, 0.3) is 0 Å². The third kappa shape index (κ3) is 3.68. The molecule has 1 aromatic heterocycles. The van der Waals surface area contributed by atoms with Crippen LogP contribution in [-0.4, -0.2) is 53.2 Å². The Morgan fingerprint density at radius 1 is 1.14 bits per heavy atom. The zero-order chi connectivity index (χ0) is 20.1. The average Bonchev–Trinajstić information content (AvgIpc) is 3.44. The second kappa shape index (κ2) is 7.37. The molecule has 0 amide bonds. The van der Waals surface area contributed by atoms with Crippen LogP contribution in [0.1, 0.15) is 35.8 Å². The van der Waals surface area contributed by atoms with Crippen LogP contribution in [0.4, 0.5) is 0 Å². The standard InChI is InChI=1S/C19H27N5O2S2/c1-14-4-7-18(12-15(14)2)28(25,26)22-10-8-21(9-11-22)13-23-19(27)24(16(3)20-23)17-5-6-17/h4,7,12,17H,5-6,8-11,13H2,1-3H3/p+1. The van der Waals surface area contributed by atoms with Crippen molar-refractivity contribution >= 4 is 22.2 Å². The molecule has 1 aliphatic heterocycles. The third-order valence-electron chi connectivity index (χ3n) is 5.87. The van der Waals surface area contributed by atoms with E-state index in [9.17, 15) is 8.42 Å². The molecule has 0 atom stereocenters. The van der Waals surface area contributed by atoms with Crippen LogP contribution in [0, 0.1) is 25.5 Å². The van der Waals surface area contributed by atoms with Crippen molar-refractivity contribution in [2.24, 2.45) is 0 Å². The number of rotatable bonds is 5. The van der Waals surface area contributed by atoms with Crippen molar-refractivity contribution in [3.63, 3.8) is 0 Å². The highest BCUT2D eigenvalue weighted by Gasteiger charge is 2.32. The molecule has 1 saturated heterocycles. The Labute approximate surface area is 171 Å². The van der Waals surface area contributed by atoms with E-state index in [1.807, 2.05) is 31.5 Å². The number of benzene rings is 1. The minimum absolute atomic E-state index is 0.389. The molecule has 2 heterocycles. The van der Waals surface area contributed by atoms with Crippen molar-refractivity contribution in [2.45, 2.75) is 51.2 Å². The quantitative estimate of drug-likeness (QED) is 0.736. The SMILES string of the molecule is Cc1ccc(S(=O)(=O)N2CC[NH+](Cn3nc(C)n(C4CC4)c3=S)CC2)cc1C.